The predicted molar refractivity (Wildman–Crippen MR) is 107 cm³/mol. The maximum Gasteiger partial charge on any atom is 0.306 e. The van der Waals surface area contributed by atoms with Crippen LogP contribution in [0.1, 0.15) is 47.7 Å². The van der Waals surface area contributed by atoms with E-state index in [1.807, 2.05) is 13.8 Å². The summed E-state index contributed by atoms with van der Waals surface area (Å²) in [5.41, 5.74) is 0.920. The van der Waals surface area contributed by atoms with Crippen molar-refractivity contribution < 1.29 is 29.0 Å². The molecule has 29 heavy (non-hydrogen) atoms. The third-order valence-corrected chi connectivity index (χ3v) is 4.73. The second-order valence-electron chi connectivity index (χ2n) is 7.03. The number of carbonyl (C=O) groups excluding carboxylic acids is 3. The monoisotopic (exact) mass is 394 g/mol. The molecule has 0 heterocycles. The molecule has 2 aromatic rings. The highest BCUT2D eigenvalue weighted by Crippen LogP contribution is 2.38. The summed E-state index contributed by atoms with van der Waals surface area (Å²) in [6.07, 6.45) is -0.200. The molecular formula is C23H22O6. The van der Waals surface area contributed by atoms with Gasteiger partial charge in [-0.15, -0.1) is 0 Å². The molecule has 1 aliphatic rings. The van der Waals surface area contributed by atoms with E-state index in [0.717, 1.165) is 0 Å². The molecular weight excluding hydrogens is 372 g/mol. The highest BCUT2D eigenvalue weighted by atomic mass is 16.5. The summed E-state index contributed by atoms with van der Waals surface area (Å²) in [7, 11) is 1.25. The van der Waals surface area contributed by atoms with Crippen LogP contribution in [0.2, 0.25) is 0 Å². The lowest BCUT2D eigenvalue weighted by molar-refractivity contribution is -0.140. The molecule has 1 N–H and O–H groups in total. The zero-order valence-electron chi connectivity index (χ0n) is 16.5. The molecule has 1 atom stereocenters. The van der Waals surface area contributed by atoms with Crippen LogP contribution in [0.4, 0.5) is 0 Å². The number of hydrogen-bond acceptors (Lipinski definition) is 6. The molecule has 0 spiro atoms. The number of carbonyl (C=O) groups is 3. The van der Waals surface area contributed by atoms with E-state index in [1.54, 1.807) is 42.5 Å². The predicted octanol–water partition coefficient (Wildman–Crippen LogP) is 3.86. The van der Waals surface area contributed by atoms with Crippen molar-refractivity contribution in [2.24, 2.45) is 0 Å². The number of esters is 1. The second-order valence-corrected chi connectivity index (χ2v) is 7.03. The van der Waals surface area contributed by atoms with Gasteiger partial charge in [0.05, 0.1) is 25.2 Å². The fraction of sp³-hybridized carbons (Fsp3) is 0.261. The molecule has 0 fully saturated rings. The van der Waals surface area contributed by atoms with Gasteiger partial charge >= 0.3 is 5.97 Å². The first-order valence-electron chi connectivity index (χ1n) is 9.28. The Kier molecular flexibility index (Phi) is 5.82. The van der Waals surface area contributed by atoms with Crippen LogP contribution in [-0.2, 0) is 14.3 Å². The van der Waals surface area contributed by atoms with Gasteiger partial charge in [-0.3, -0.25) is 14.4 Å². The number of hydrogen-bond donors (Lipinski definition) is 1. The van der Waals surface area contributed by atoms with Crippen LogP contribution >= 0.6 is 0 Å². The smallest absolute Gasteiger partial charge is 0.306 e. The van der Waals surface area contributed by atoms with Gasteiger partial charge in [0.1, 0.15) is 11.5 Å². The number of ketones is 2. The van der Waals surface area contributed by atoms with Crippen LogP contribution in [0.15, 0.2) is 54.1 Å². The molecule has 0 radical (unpaired) electrons. The van der Waals surface area contributed by atoms with Gasteiger partial charge in [0.15, 0.2) is 0 Å². The quantitative estimate of drug-likeness (QED) is 0.591. The molecule has 150 valence electrons. The summed E-state index contributed by atoms with van der Waals surface area (Å²) < 4.78 is 10.4. The summed E-state index contributed by atoms with van der Waals surface area (Å²) >= 11 is 0. The van der Waals surface area contributed by atoms with E-state index < -0.39 is 23.5 Å². The van der Waals surface area contributed by atoms with Crippen molar-refractivity contribution in [3.05, 3.63) is 70.8 Å². The lowest BCUT2D eigenvalue weighted by atomic mass is 9.78. The summed E-state index contributed by atoms with van der Waals surface area (Å²) in [5.74, 6) is -2.57. The van der Waals surface area contributed by atoms with Crippen molar-refractivity contribution in [2.45, 2.75) is 32.3 Å². The summed E-state index contributed by atoms with van der Waals surface area (Å²) in [6, 6.07) is 13.2. The Morgan fingerprint density at radius 2 is 1.59 bits per heavy atom. The molecule has 0 saturated carbocycles. The van der Waals surface area contributed by atoms with E-state index in [2.05, 4.69) is 0 Å². The van der Waals surface area contributed by atoms with Crippen molar-refractivity contribution in [1.82, 2.24) is 0 Å². The van der Waals surface area contributed by atoms with Gasteiger partial charge < -0.3 is 14.6 Å². The normalized spacial score (nSPS) is 14.6. The molecule has 0 unspecified atom stereocenters. The van der Waals surface area contributed by atoms with Gasteiger partial charge in [-0.25, -0.2) is 0 Å². The van der Waals surface area contributed by atoms with E-state index >= 15 is 0 Å². The van der Waals surface area contributed by atoms with Gasteiger partial charge in [-0.2, -0.15) is 0 Å². The lowest BCUT2D eigenvalue weighted by Crippen LogP contribution is -2.28. The Labute approximate surface area is 168 Å². The number of fused-ring (bicyclic) bond motifs is 1. The van der Waals surface area contributed by atoms with E-state index in [-0.39, 0.29) is 35.0 Å². The SMILES string of the molecule is COC(=O)C[C@@H](C1=C(O)c2ccccc2C(=O)C1=O)c1ccc(OC(C)C)cc1. The van der Waals surface area contributed by atoms with Crippen LogP contribution < -0.4 is 4.74 Å². The minimum Gasteiger partial charge on any atom is -0.507 e. The molecule has 0 bridgehead atoms. The Hall–Kier alpha value is -3.41. The Morgan fingerprint density at radius 3 is 2.17 bits per heavy atom. The zero-order chi connectivity index (χ0) is 21.1. The van der Waals surface area contributed by atoms with Crippen molar-refractivity contribution in [3.8, 4) is 5.75 Å². The first-order chi connectivity index (χ1) is 13.8. The zero-order valence-corrected chi connectivity index (χ0v) is 16.5. The fourth-order valence-electron chi connectivity index (χ4n) is 3.40. The van der Waals surface area contributed by atoms with Gasteiger partial charge in [-0.05, 0) is 31.5 Å². The first kappa shape index (κ1) is 20.3. The number of ether oxygens (including phenoxy) is 2. The second kappa shape index (κ2) is 8.31. The summed E-state index contributed by atoms with van der Waals surface area (Å²) in [6.45, 7) is 3.81. The van der Waals surface area contributed by atoms with Crippen LogP contribution in [-0.4, -0.2) is 35.9 Å². The topological polar surface area (TPSA) is 89.9 Å². The van der Waals surface area contributed by atoms with Gasteiger partial charge in [0.25, 0.3) is 0 Å². The maximum absolute atomic E-state index is 12.9. The number of rotatable bonds is 6. The number of aliphatic hydroxyl groups is 1. The summed E-state index contributed by atoms with van der Waals surface area (Å²) in [5, 5.41) is 10.8. The third kappa shape index (κ3) is 4.06. The number of aliphatic hydroxyl groups excluding tert-OH is 1. The minimum atomic E-state index is -0.833. The number of methoxy groups -OCH3 is 1. The lowest BCUT2D eigenvalue weighted by Gasteiger charge is -2.24. The highest BCUT2D eigenvalue weighted by Gasteiger charge is 2.38. The van der Waals surface area contributed by atoms with Crippen LogP contribution in [0, 0.1) is 0 Å². The van der Waals surface area contributed by atoms with Crippen LogP contribution in [0.3, 0.4) is 0 Å². The Morgan fingerprint density at radius 1 is 0.966 bits per heavy atom. The Balaban J connectivity index is 2.10. The van der Waals surface area contributed by atoms with Crippen molar-refractivity contribution >= 4 is 23.3 Å². The van der Waals surface area contributed by atoms with Crippen molar-refractivity contribution in [1.29, 1.82) is 0 Å². The molecule has 3 rings (SSSR count). The fourth-order valence-corrected chi connectivity index (χ4v) is 3.40. The molecule has 1 aliphatic carbocycles. The molecule has 6 nitrogen and oxygen atoms in total. The van der Waals surface area contributed by atoms with Crippen molar-refractivity contribution in [2.75, 3.05) is 7.11 Å². The van der Waals surface area contributed by atoms with E-state index in [4.69, 9.17) is 9.47 Å². The molecule has 0 amide bonds. The largest absolute Gasteiger partial charge is 0.507 e. The standard InChI is InChI=1S/C23H22O6/c1-13(2)29-15-10-8-14(9-11-15)18(12-19(24)28-3)20-21(25)16-6-4-5-7-17(16)22(26)23(20)27/h4-11,13,18,25H,12H2,1-3H3/t18-/m1/s1. The molecule has 0 aromatic heterocycles. The number of benzene rings is 2. The highest BCUT2D eigenvalue weighted by molar-refractivity contribution is 6.52. The van der Waals surface area contributed by atoms with E-state index in [0.29, 0.717) is 11.3 Å². The van der Waals surface area contributed by atoms with Crippen LogP contribution in [0.5, 0.6) is 5.75 Å². The number of Topliss-reactive ketones (excluding diaryl/α,β-unsaturated/α-hetero) is 2. The molecule has 0 aliphatic heterocycles. The van der Waals surface area contributed by atoms with Crippen LogP contribution in [0.25, 0.3) is 5.76 Å². The molecule has 6 heteroatoms. The van der Waals surface area contributed by atoms with Gasteiger partial charge in [0.2, 0.25) is 11.6 Å². The Bertz CT molecular complexity index is 985. The first-order valence-corrected chi connectivity index (χ1v) is 9.28. The van der Waals surface area contributed by atoms with E-state index in [9.17, 15) is 19.5 Å². The third-order valence-electron chi connectivity index (χ3n) is 4.73. The minimum absolute atomic E-state index is 0.00693. The van der Waals surface area contributed by atoms with Gasteiger partial charge in [0, 0.05) is 17.0 Å². The summed E-state index contributed by atoms with van der Waals surface area (Å²) in [4.78, 5) is 37.5. The van der Waals surface area contributed by atoms with E-state index in [1.165, 1.54) is 13.2 Å². The maximum atomic E-state index is 12.9. The molecule has 2 aromatic carbocycles. The van der Waals surface area contributed by atoms with Gasteiger partial charge in [-0.1, -0.05) is 36.4 Å². The molecule has 0 saturated heterocycles. The average Bonchev–Trinajstić information content (AvgIpc) is 2.71. The van der Waals surface area contributed by atoms with Crippen molar-refractivity contribution in [3.63, 3.8) is 0 Å². The number of allylic oxidation sites excluding steroid dienone is 1. The average molecular weight is 394 g/mol.